The second-order valence-corrected chi connectivity index (χ2v) is 4.22. The van der Waals surface area contributed by atoms with Gasteiger partial charge in [-0.05, 0) is 12.1 Å². The average molecular weight is 256 g/mol. The summed E-state index contributed by atoms with van der Waals surface area (Å²) in [6.07, 6.45) is -2.35. The lowest BCUT2D eigenvalue weighted by atomic mass is 10.1. The first-order valence-electron chi connectivity index (χ1n) is 5.95. The predicted octanol–water partition coefficient (Wildman–Crippen LogP) is 2.03. The standard InChI is InChI=1S/C15H12O4/c16-13(10-6-2-1-3-7-10)14-15(17)19-12-9-5-4-8-11(12)18-14/h1-9,14-15,17H/t14-,15-/m0/s1. The van der Waals surface area contributed by atoms with Crippen molar-refractivity contribution in [2.45, 2.75) is 12.4 Å². The molecular weight excluding hydrogens is 244 g/mol. The quantitative estimate of drug-likeness (QED) is 0.835. The van der Waals surface area contributed by atoms with Crippen molar-refractivity contribution >= 4 is 5.78 Å². The van der Waals surface area contributed by atoms with E-state index in [2.05, 4.69) is 0 Å². The Bertz CT molecular complexity index is 594. The highest BCUT2D eigenvalue weighted by atomic mass is 16.7. The van der Waals surface area contributed by atoms with Gasteiger partial charge in [-0.2, -0.15) is 0 Å². The van der Waals surface area contributed by atoms with Crippen LogP contribution >= 0.6 is 0 Å². The molecular formula is C15H12O4. The first kappa shape index (κ1) is 11.7. The van der Waals surface area contributed by atoms with Crippen LogP contribution in [0.25, 0.3) is 0 Å². The summed E-state index contributed by atoms with van der Waals surface area (Å²) in [5.74, 6) is 0.594. The molecule has 0 bridgehead atoms. The molecule has 0 fully saturated rings. The van der Waals surface area contributed by atoms with E-state index in [1.165, 1.54) is 0 Å². The van der Waals surface area contributed by atoms with Crippen molar-refractivity contribution in [3.8, 4) is 11.5 Å². The van der Waals surface area contributed by atoms with Gasteiger partial charge < -0.3 is 14.6 Å². The lowest BCUT2D eigenvalue weighted by Crippen LogP contribution is -2.45. The molecule has 2 aromatic carbocycles. The summed E-state index contributed by atoms with van der Waals surface area (Å²) < 4.78 is 10.8. The van der Waals surface area contributed by atoms with Crippen LogP contribution in [0.2, 0.25) is 0 Å². The minimum atomic E-state index is -1.30. The first-order chi connectivity index (χ1) is 9.25. The van der Waals surface area contributed by atoms with Crippen LogP contribution in [0.3, 0.4) is 0 Å². The average Bonchev–Trinajstić information content (AvgIpc) is 2.47. The fourth-order valence-corrected chi connectivity index (χ4v) is 1.98. The predicted molar refractivity (Wildman–Crippen MR) is 68.3 cm³/mol. The summed E-state index contributed by atoms with van der Waals surface area (Å²) in [5, 5.41) is 9.88. The molecule has 1 aliphatic heterocycles. The molecule has 1 aliphatic rings. The number of aliphatic hydroxyl groups is 1. The number of rotatable bonds is 2. The molecule has 0 spiro atoms. The number of hydrogen-bond donors (Lipinski definition) is 1. The second kappa shape index (κ2) is 4.74. The fraction of sp³-hybridized carbons (Fsp3) is 0.133. The largest absolute Gasteiger partial charge is 0.472 e. The molecule has 96 valence electrons. The molecule has 0 aromatic heterocycles. The zero-order valence-corrected chi connectivity index (χ0v) is 10.0. The molecule has 3 rings (SSSR count). The van der Waals surface area contributed by atoms with Crippen LogP contribution in [0.15, 0.2) is 54.6 Å². The van der Waals surface area contributed by atoms with Gasteiger partial charge in [-0.25, -0.2) is 0 Å². The van der Waals surface area contributed by atoms with E-state index < -0.39 is 12.4 Å². The molecule has 1 heterocycles. The minimum Gasteiger partial charge on any atom is -0.472 e. The van der Waals surface area contributed by atoms with Gasteiger partial charge in [0.1, 0.15) is 0 Å². The Kier molecular flexibility index (Phi) is 2.93. The highest BCUT2D eigenvalue weighted by Gasteiger charge is 2.36. The van der Waals surface area contributed by atoms with Gasteiger partial charge in [-0.15, -0.1) is 0 Å². The zero-order chi connectivity index (χ0) is 13.2. The maximum Gasteiger partial charge on any atom is 0.242 e. The van der Waals surface area contributed by atoms with Gasteiger partial charge >= 0.3 is 0 Å². The van der Waals surface area contributed by atoms with E-state index in [4.69, 9.17) is 9.47 Å². The van der Waals surface area contributed by atoms with Crippen LogP contribution in [-0.2, 0) is 0 Å². The summed E-state index contributed by atoms with van der Waals surface area (Å²) in [6.45, 7) is 0. The molecule has 0 saturated carbocycles. The van der Waals surface area contributed by atoms with Crippen molar-refractivity contribution in [3.05, 3.63) is 60.2 Å². The van der Waals surface area contributed by atoms with Gasteiger partial charge in [-0.3, -0.25) is 4.79 Å². The monoisotopic (exact) mass is 256 g/mol. The number of hydrogen-bond acceptors (Lipinski definition) is 4. The van der Waals surface area contributed by atoms with E-state index in [0.29, 0.717) is 17.1 Å². The first-order valence-corrected chi connectivity index (χ1v) is 5.95. The summed E-state index contributed by atoms with van der Waals surface area (Å²) in [6, 6.07) is 15.6. The Morgan fingerprint density at radius 2 is 1.47 bits per heavy atom. The van der Waals surface area contributed by atoms with Crippen molar-refractivity contribution in [3.63, 3.8) is 0 Å². The van der Waals surface area contributed by atoms with Crippen molar-refractivity contribution in [1.29, 1.82) is 0 Å². The Balaban J connectivity index is 1.89. The number of aliphatic hydroxyl groups excluding tert-OH is 1. The SMILES string of the molecule is O=C(c1ccccc1)[C@@H]1Oc2ccccc2O[C@@H]1O. The van der Waals surface area contributed by atoms with E-state index in [-0.39, 0.29) is 5.78 Å². The number of para-hydroxylation sites is 2. The minimum absolute atomic E-state index is 0.303. The lowest BCUT2D eigenvalue weighted by Gasteiger charge is -2.29. The van der Waals surface area contributed by atoms with Gasteiger partial charge in [0.25, 0.3) is 0 Å². The Labute approximate surface area is 110 Å². The van der Waals surface area contributed by atoms with Crippen molar-refractivity contribution in [2.75, 3.05) is 0 Å². The summed E-state index contributed by atoms with van der Waals surface area (Å²) in [5.41, 5.74) is 0.481. The van der Waals surface area contributed by atoms with Crippen LogP contribution < -0.4 is 9.47 Å². The van der Waals surface area contributed by atoms with Crippen molar-refractivity contribution in [1.82, 2.24) is 0 Å². The zero-order valence-electron chi connectivity index (χ0n) is 10.0. The van der Waals surface area contributed by atoms with Gasteiger partial charge in [0.05, 0.1) is 0 Å². The van der Waals surface area contributed by atoms with Gasteiger partial charge in [-0.1, -0.05) is 42.5 Å². The molecule has 0 amide bonds. The maximum absolute atomic E-state index is 12.3. The van der Waals surface area contributed by atoms with Crippen LogP contribution in [0, 0.1) is 0 Å². The molecule has 0 radical (unpaired) electrons. The maximum atomic E-state index is 12.3. The van der Waals surface area contributed by atoms with E-state index in [0.717, 1.165) is 0 Å². The number of carbonyl (C=O) groups is 1. The Hall–Kier alpha value is -2.33. The topological polar surface area (TPSA) is 55.8 Å². The van der Waals surface area contributed by atoms with E-state index in [1.807, 2.05) is 6.07 Å². The second-order valence-electron chi connectivity index (χ2n) is 4.22. The normalized spacial score (nSPS) is 20.9. The number of carbonyl (C=O) groups excluding carboxylic acids is 1. The Morgan fingerprint density at radius 3 is 2.16 bits per heavy atom. The van der Waals surface area contributed by atoms with Crippen LogP contribution in [0.4, 0.5) is 0 Å². The molecule has 2 atom stereocenters. The number of fused-ring (bicyclic) bond motifs is 1. The van der Waals surface area contributed by atoms with E-state index >= 15 is 0 Å². The van der Waals surface area contributed by atoms with Crippen molar-refractivity contribution < 1.29 is 19.4 Å². The van der Waals surface area contributed by atoms with Gasteiger partial charge in [0.2, 0.25) is 18.2 Å². The van der Waals surface area contributed by atoms with E-state index in [1.54, 1.807) is 48.5 Å². The molecule has 2 aromatic rings. The molecule has 1 N–H and O–H groups in total. The van der Waals surface area contributed by atoms with E-state index in [9.17, 15) is 9.90 Å². The smallest absolute Gasteiger partial charge is 0.242 e. The van der Waals surface area contributed by atoms with Crippen LogP contribution in [0.5, 0.6) is 11.5 Å². The highest BCUT2D eigenvalue weighted by molar-refractivity contribution is 6.00. The van der Waals surface area contributed by atoms with Gasteiger partial charge in [0.15, 0.2) is 11.5 Å². The third-order valence-corrected chi connectivity index (χ3v) is 2.93. The molecule has 0 aliphatic carbocycles. The molecule has 4 nitrogen and oxygen atoms in total. The van der Waals surface area contributed by atoms with Crippen LogP contribution in [0.1, 0.15) is 10.4 Å². The summed E-state index contributed by atoms with van der Waals surface area (Å²) in [7, 11) is 0. The molecule has 0 saturated heterocycles. The molecule has 19 heavy (non-hydrogen) atoms. The fourth-order valence-electron chi connectivity index (χ4n) is 1.98. The number of ether oxygens (including phenoxy) is 2. The Morgan fingerprint density at radius 1 is 0.895 bits per heavy atom. The van der Waals surface area contributed by atoms with Crippen molar-refractivity contribution in [2.24, 2.45) is 0 Å². The molecule has 0 unspecified atom stereocenters. The lowest BCUT2D eigenvalue weighted by molar-refractivity contribution is -0.0977. The van der Waals surface area contributed by atoms with Gasteiger partial charge in [0, 0.05) is 5.56 Å². The summed E-state index contributed by atoms with van der Waals surface area (Å²) in [4.78, 5) is 12.3. The highest BCUT2D eigenvalue weighted by Crippen LogP contribution is 2.33. The number of benzene rings is 2. The number of Topliss-reactive ketones (excluding diaryl/α,β-unsaturated/α-hetero) is 1. The molecule has 4 heteroatoms. The third kappa shape index (κ3) is 2.18. The third-order valence-electron chi connectivity index (χ3n) is 2.93. The summed E-state index contributed by atoms with van der Waals surface area (Å²) >= 11 is 0. The van der Waals surface area contributed by atoms with Crippen LogP contribution in [-0.4, -0.2) is 23.3 Å². The number of ketones is 1.